The van der Waals surface area contributed by atoms with Crippen molar-refractivity contribution in [2.45, 2.75) is 13.8 Å². The average molecular weight is 318 g/mol. The minimum absolute atomic E-state index is 0.154. The summed E-state index contributed by atoms with van der Waals surface area (Å²) in [6.07, 6.45) is 1.64. The van der Waals surface area contributed by atoms with Gasteiger partial charge in [-0.2, -0.15) is 0 Å². The molecule has 2 heterocycles. The van der Waals surface area contributed by atoms with Gasteiger partial charge in [-0.15, -0.1) is 11.3 Å². The second-order valence-electron chi connectivity index (χ2n) is 4.64. The van der Waals surface area contributed by atoms with E-state index in [1.54, 1.807) is 6.20 Å². The Balaban J connectivity index is 2.20. The predicted octanol–water partition coefficient (Wildman–Crippen LogP) is 4.28. The van der Waals surface area contributed by atoms with E-state index in [0.29, 0.717) is 10.8 Å². The van der Waals surface area contributed by atoms with Gasteiger partial charge in [0.05, 0.1) is 15.2 Å². The summed E-state index contributed by atoms with van der Waals surface area (Å²) < 4.78 is 0.849. The number of aromatic nitrogens is 2. The molecule has 0 saturated carbocycles. The summed E-state index contributed by atoms with van der Waals surface area (Å²) >= 11 is 7.77. The summed E-state index contributed by atoms with van der Waals surface area (Å²) in [6.45, 7) is 3.46. The maximum atomic E-state index is 11.3. The second kappa shape index (κ2) is 5.42. The molecule has 0 aliphatic carbocycles. The fourth-order valence-corrected chi connectivity index (χ4v) is 3.62. The number of rotatable bonds is 2. The topological polar surface area (TPSA) is 54.9 Å². The number of amides is 1. The molecule has 106 valence electrons. The minimum Gasteiger partial charge on any atom is -0.310 e. The molecule has 3 aromatic rings. The van der Waals surface area contributed by atoms with Gasteiger partial charge in [0.25, 0.3) is 0 Å². The van der Waals surface area contributed by atoms with E-state index in [2.05, 4.69) is 15.3 Å². The van der Waals surface area contributed by atoms with Crippen LogP contribution in [0.25, 0.3) is 20.8 Å². The summed E-state index contributed by atoms with van der Waals surface area (Å²) in [7, 11) is 0. The first kappa shape index (κ1) is 14.0. The van der Waals surface area contributed by atoms with E-state index in [0.717, 1.165) is 26.4 Å². The van der Waals surface area contributed by atoms with E-state index < -0.39 is 0 Å². The van der Waals surface area contributed by atoms with Gasteiger partial charge in [-0.1, -0.05) is 23.7 Å². The molecule has 6 heteroatoms. The molecule has 0 aliphatic heterocycles. The molecular formula is C15H12ClN3OS. The number of fused-ring (bicyclic) bond motifs is 1. The lowest BCUT2D eigenvalue weighted by Gasteiger charge is -2.03. The van der Waals surface area contributed by atoms with Crippen LogP contribution in [0.15, 0.2) is 30.5 Å². The number of thiazole rings is 1. The largest absolute Gasteiger partial charge is 0.310 e. The molecule has 0 atom stereocenters. The summed E-state index contributed by atoms with van der Waals surface area (Å²) in [4.78, 5) is 20.1. The SMILES string of the molecule is CC(=O)Nc1nccc2nc(-c3c(C)cccc3Cl)sc12. The molecule has 4 nitrogen and oxygen atoms in total. The summed E-state index contributed by atoms with van der Waals surface area (Å²) in [5.74, 6) is 0.382. The zero-order chi connectivity index (χ0) is 15.0. The number of pyridine rings is 1. The highest BCUT2D eigenvalue weighted by molar-refractivity contribution is 7.22. The molecule has 0 bridgehead atoms. The van der Waals surface area contributed by atoms with Crippen molar-refractivity contribution in [2.24, 2.45) is 0 Å². The first-order chi connectivity index (χ1) is 10.1. The van der Waals surface area contributed by atoms with Gasteiger partial charge in [0.15, 0.2) is 5.82 Å². The molecule has 1 amide bonds. The van der Waals surface area contributed by atoms with Crippen LogP contribution in [0.2, 0.25) is 5.02 Å². The molecule has 2 aromatic heterocycles. The van der Waals surface area contributed by atoms with Crippen LogP contribution in [0.5, 0.6) is 0 Å². The van der Waals surface area contributed by atoms with Crippen LogP contribution in [-0.2, 0) is 4.79 Å². The van der Waals surface area contributed by atoms with Crippen LogP contribution in [0.3, 0.4) is 0 Å². The molecule has 0 unspecified atom stereocenters. The van der Waals surface area contributed by atoms with Gasteiger partial charge in [0.2, 0.25) is 5.91 Å². The minimum atomic E-state index is -0.154. The Morgan fingerprint density at radius 2 is 2.14 bits per heavy atom. The number of carbonyl (C=O) groups excluding carboxylic acids is 1. The number of aryl methyl sites for hydroxylation is 1. The first-order valence-corrected chi connectivity index (χ1v) is 7.54. The number of anilines is 1. The van der Waals surface area contributed by atoms with Gasteiger partial charge >= 0.3 is 0 Å². The second-order valence-corrected chi connectivity index (χ2v) is 6.05. The Kier molecular flexibility index (Phi) is 3.61. The van der Waals surface area contributed by atoms with E-state index in [4.69, 9.17) is 11.6 Å². The van der Waals surface area contributed by atoms with Crippen molar-refractivity contribution >= 4 is 44.9 Å². The van der Waals surface area contributed by atoms with Crippen molar-refractivity contribution in [3.63, 3.8) is 0 Å². The highest BCUT2D eigenvalue weighted by Crippen LogP contribution is 2.38. The van der Waals surface area contributed by atoms with Gasteiger partial charge in [0, 0.05) is 18.7 Å². The van der Waals surface area contributed by atoms with Crippen molar-refractivity contribution in [1.29, 1.82) is 0 Å². The quantitative estimate of drug-likeness (QED) is 0.767. The number of nitrogens with one attached hydrogen (secondary N) is 1. The molecular weight excluding hydrogens is 306 g/mol. The first-order valence-electron chi connectivity index (χ1n) is 6.35. The van der Waals surface area contributed by atoms with E-state index >= 15 is 0 Å². The van der Waals surface area contributed by atoms with Crippen molar-refractivity contribution < 1.29 is 4.79 Å². The molecule has 0 radical (unpaired) electrons. The third kappa shape index (κ3) is 2.62. The van der Waals surface area contributed by atoms with Crippen molar-refractivity contribution in [3.05, 3.63) is 41.0 Å². The zero-order valence-electron chi connectivity index (χ0n) is 11.5. The molecule has 0 spiro atoms. The smallest absolute Gasteiger partial charge is 0.222 e. The Morgan fingerprint density at radius 3 is 2.86 bits per heavy atom. The van der Waals surface area contributed by atoms with Gasteiger partial charge in [-0.05, 0) is 24.6 Å². The fraction of sp³-hybridized carbons (Fsp3) is 0.133. The maximum Gasteiger partial charge on any atom is 0.222 e. The predicted molar refractivity (Wildman–Crippen MR) is 86.9 cm³/mol. The molecule has 0 aliphatic rings. The van der Waals surface area contributed by atoms with Crippen molar-refractivity contribution in [1.82, 2.24) is 9.97 Å². The number of hydrogen-bond acceptors (Lipinski definition) is 4. The number of carbonyl (C=O) groups is 1. The highest BCUT2D eigenvalue weighted by atomic mass is 35.5. The van der Waals surface area contributed by atoms with Gasteiger partial charge in [0.1, 0.15) is 5.01 Å². The average Bonchev–Trinajstić information content (AvgIpc) is 2.82. The summed E-state index contributed by atoms with van der Waals surface area (Å²) in [5.41, 5.74) is 2.79. The Labute approximate surface area is 130 Å². The molecule has 21 heavy (non-hydrogen) atoms. The lowest BCUT2D eigenvalue weighted by molar-refractivity contribution is -0.114. The van der Waals surface area contributed by atoms with E-state index in [1.165, 1.54) is 18.3 Å². The maximum absolute atomic E-state index is 11.3. The van der Waals surface area contributed by atoms with E-state index in [-0.39, 0.29) is 5.91 Å². The van der Waals surface area contributed by atoms with Crippen LogP contribution in [-0.4, -0.2) is 15.9 Å². The number of hydrogen-bond donors (Lipinski definition) is 1. The number of benzene rings is 1. The molecule has 3 rings (SSSR count). The van der Waals surface area contributed by atoms with E-state index in [1.807, 2.05) is 31.2 Å². The third-order valence-corrected chi connectivity index (χ3v) is 4.45. The third-order valence-electron chi connectivity index (χ3n) is 3.03. The Morgan fingerprint density at radius 1 is 1.33 bits per heavy atom. The highest BCUT2D eigenvalue weighted by Gasteiger charge is 2.15. The van der Waals surface area contributed by atoms with E-state index in [9.17, 15) is 4.79 Å². The van der Waals surface area contributed by atoms with Crippen LogP contribution in [0, 0.1) is 6.92 Å². The van der Waals surface area contributed by atoms with Crippen LogP contribution in [0.4, 0.5) is 5.82 Å². The molecule has 1 N–H and O–H groups in total. The normalized spacial score (nSPS) is 10.8. The standard InChI is InChI=1S/C15H12ClN3OS/c1-8-4-3-5-10(16)12(8)15-19-11-6-7-17-14(13(11)21-15)18-9(2)20/h3-7H,1-2H3,(H,17,18,20). The van der Waals surface area contributed by atoms with Crippen LogP contribution >= 0.6 is 22.9 Å². The molecule has 1 aromatic carbocycles. The number of halogens is 1. The summed E-state index contributed by atoms with van der Waals surface area (Å²) in [5, 5.41) is 4.23. The monoisotopic (exact) mass is 317 g/mol. The Hall–Kier alpha value is -1.98. The van der Waals surface area contributed by atoms with Gasteiger partial charge < -0.3 is 5.32 Å². The zero-order valence-corrected chi connectivity index (χ0v) is 13.0. The number of nitrogens with zero attached hydrogens (tertiary/aromatic N) is 2. The lowest BCUT2D eigenvalue weighted by atomic mass is 10.1. The van der Waals surface area contributed by atoms with Crippen molar-refractivity contribution in [2.75, 3.05) is 5.32 Å². The Bertz CT molecular complexity index is 824. The van der Waals surface area contributed by atoms with Gasteiger partial charge in [-0.25, -0.2) is 9.97 Å². The fourth-order valence-electron chi connectivity index (χ4n) is 2.12. The van der Waals surface area contributed by atoms with Crippen LogP contribution < -0.4 is 5.32 Å². The van der Waals surface area contributed by atoms with Gasteiger partial charge in [-0.3, -0.25) is 4.79 Å². The van der Waals surface area contributed by atoms with Crippen molar-refractivity contribution in [3.8, 4) is 10.6 Å². The van der Waals surface area contributed by atoms with Crippen LogP contribution in [0.1, 0.15) is 12.5 Å². The molecule has 0 fully saturated rings. The molecule has 0 saturated heterocycles. The summed E-state index contributed by atoms with van der Waals surface area (Å²) in [6, 6.07) is 7.59. The lowest BCUT2D eigenvalue weighted by Crippen LogP contribution is -2.07.